The second-order valence-corrected chi connectivity index (χ2v) is 7.78. The quantitative estimate of drug-likeness (QED) is 0.912. The normalized spacial score (nSPS) is 16.6. The predicted molar refractivity (Wildman–Crippen MR) is 87.7 cm³/mol. The Morgan fingerprint density at radius 1 is 1.22 bits per heavy atom. The summed E-state index contributed by atoms with van der Waals surface area (Å²) in [6.07, 6.45) is 1.72. The topological polar surface area (TPSA) is 75.7 Å². The first-order chi connectivity index (χ1) is 10.8. The van der Waals surface area contributed by atoms with Gasteiger partial charge in [0, 0.05) is 13.1 Å². The van der Waals surface area contributed by atoms with E-state index in [9.17, 15) is 13.2 Å². The number of aryl methyl sites for hydroxylation is 1. The van der Waals surface area contributed by atoms with E-state index in [1.165, 1.54) is 17.0 Å². The van der Waals surface area contributed by atoms with Gasteiger partial charge in [0.15, 0.2) is 0 Å². The van der Waals surface area contributed by atoms with Crippen LogP contribution in [0.25, 0.3) is 0 Å². The molecule has 1 aliphatic rings. The van der Waals surface area contributed by atoms with Gasteiger partial charge >= 0.3 is 6.03 Å². The maximum Gasteiger partial charge on any atom is 0.331 e. The Morgan fingerprint density at radius 3 is 2.30 bits per heavy atom. The summed E-state index contributed by atoms with van der Waals surface area (Å²) in [5, 5.41) is 0. The zero-order valence-corrected chi connectivity index (χ0v) is 14.6. The van der Waals surface area contributed by atoms with Crippen LogP contribution in [0.5, 0.6) is 0 Å². The van der Waals surface area contributed by atoms with E-state index in [0.29, 0.717) is 13.1 Å². The predicted octanol–water partition coefficient (Wildman–Crippen LogP) is 2.28. The maximum atomic E-state index is 12.2. The SMILES string of the molecule is Cc1ccc(S(=O)(=O)NC(=O)N2CCC(OC(C)C)CC2)cc1. The number of sulfonamides is 1. The molecule has 0 spiro atoms. The fraction of sp³-hybridized carbons (Fsp3) is 0.562. The number of nitrogens with one attached hydrogen (secondary N) is 1. The van der Waals surface area contributed by atoms with Gasteiger partial charge in [0.05, 0.1) is 17.1 Å². The summed E-state index contributed by atoms with van der Waals surface area (Å²) in [6, 6.07) is 5.82. The number of hydrogen-bond donors (Lipinski definition) is 1. The number of urea groups is 1. The van der Waals surface area contributed by atoms with Crippen molar-refractivity contribution in [3.05, 3.63) is 29.8 Å². The van der Waals surface area contributed by atoms with E-state index < -0.39 is 16.1 Å². The molecule has 0 aromatic heterocycles. The molecule has 1 aromatic rings. The number of likely N-dealkylation sites (tertiary alicyclic amines) is 1. The van der Waals surface area contributed by atoms with Crippen molar-refractivity contribution in [2.75, 3.05) is 13.1 Å². The average Bonchev–Trinajstić information content (AvgIpc) is 2.47. The third-order valence-electron chi connectivity index (χ3n) is 3.75. The number of nitrogens with zero attached hydrogens (tertiary/aromatic N) is 1. The summed E-state index contributed by atoms with van der Waals surface area (Å²) in [4.78, 5) is 13.8. The molecule has 0 aliphatic carbocycles. The second-order valence-electron chi connectivity index (χ2n) is 6.09. The molecule has 128 valence electrons. The van der Waals surface area contributed by atoms with Crippen molar-refractivity contribution in [3.63, 3.8) is 0 Å². The molecule has 0 radical (unpaired) electrons. The molecule has 23 heavy (non-hydrogen) atoms. The Kier molecular flexibility index (Phi) is 5.64. The van der Waals surface area contributed by atoms with Crippen LogP contribution in [0, 0.1) is 6.92 Å². The van der Waals surface area contributed by atoms with Gasteiger partial charge in [-0.1, -0.05) is 17.7 Å². The summed E-state index contributed by atoms with van der Waals surface area (Å²) >= 11 is 0. The number of carbonyl (C=O) groups excluding carboxylic acids is 1. The van der Waals surface area contributed by atoms with E-state index in [1.807, 2.05) is 20.8 Å². The lowest BCUT2D eigenvalue weighted by Gasteiger charge is -2.32. The van der Waals surface area contributed by atoms with Crippen molar-refractivity contribution in [2.45, 2.75) is 50.7 Å². The van der Waals surface area contributed by atoms with Gasteiger partial charge < -0.3 is 9.64 Å². The number of hydrogen-bond acceptors (Lipinski definition) is 4. The zero-order chi connectivity index (χ0) is 17.0. The third kappa shape index (κ3) is 4.94. The number of amides is 2. The van der Waals surface area contributed by atoms with E-state index in [4.69, 9.17) is 4.74 Å². The minimum Gasteiger partial charge on any atom is -0.375 e. The lowest BCUT2D eigenvalue weighted by Crippen LogP contribution is -2.47. The lowest BCUT2D eigenvalue weighted by atomic mass is 10.1. The molecule has 2 rings (SSSR count). The van der Waals surface area contributed by atoms with E-state index >= 15 is 0 Å². The molecule has 1 aromatic carbocycles. The van der Waals surface area contributed by atoms with Crippen molar-refractivity contribution in [3.8, 4) is 0 Å². The molecule has 6 nitrogen and oxygen atoms in total. The van der Waals surface area contributed by atoms with Crippen LogP contribution in [-0.2, 0) is 14.8 Å². The summed E-state index contributed by atoms with van der Waals surface area (Å²) in [6.45, 7) is 6.82. The highest BCUT2D eigenvalue weighted by atomic mass is 32.2. The standard InChI is InChI=1S/C16H24N2O4S/c1-12(2)22-14-8-10-18(11-9-14)16(19)17-23(20,21)15-6-4-13(3)5-7-15/h4-7,12,14H,8-11H2,1-3H3,(H,17,19). The van der Waals surface area contributed by atoms with Gasteiger partial charge in [0.2, 0.25) is 0 Å². The minimum absolute atomic E-state index is 0.0921. The maximum absolute atomic E-state index is 12.2. The molecule has 7 heteroatoms. The Hall–Kier alpha value is -1.60. The fourth-order valence-electron chi connectivity index (χ4n) is 2.54. The van der Waals surface area contributed by atoms with Crippen LogP contribution in [0.1, 0.15) is 32.3 Å². The van der Waals surface area contributed by atoms with Gasteiger partial charge in [-0.05, 0) is 45.7 Å². The molecule has 1 heterocycles. The number of benzene rings is 1. The van der Waals surface area contributed by atoms with Crippen molar-refractivity contribution in [1.29, 1.82) is 0 Å². The van der Waals surface area contributed by atoms with Crippen LogP contribution in [0.2, 0.25) is 0 Å². The molecule has 2 amide bonds. The van der Waals surface area contributed by atoms with Crippen molar-refractivity contribution in [2.24, 2.45) is 0 Å². The molecule has 0 unspecified atom stereocenters. The largest absolute Gasteiger partial charge is 0.375 e. The molecule has 0 saturated carbocycles. The molecule has 1 fully saturated rings. The Bertz CT molecular complexity index is 633. The second kappa shape index (κ2) is 7.31. The molecule has 1 N–H and O–H groups in total. The summed E-state index contributed by atoms with van der Waals surface area (Å²) in [5.74, 6) is 0. The van der Waals surface area contributed by atoms with Crippen molar-refractivity contribution in [1.82, 2.24) is 9.62 Å². The Labute approximate surface area is 137 Å². The van der Waals surface area contributed by atoms with Gasteiger partial charge in [0.25, 0.3) is 10.0 Å². The Morgan fingerprint density at radius 2 is 1.78 bits per heavy atom. The minimum atomic E-state index is -3.83. The van der Waals surface area contributed by atoms with Crippen LogP contribution >= 0.6 is 0 Å². The number of piperidine rings is 1. The van der Waals surface area contributed by atoms with Crippen LogP contribution in [0.15, 0.2) is 29.2 Å². The smallest absolute Gasteiger partial charge is 0.331 e. The van der Waals surface area contributed by atoms with Gasteiger partial charge in [-0.15, -0.1) is 0 Å². The van der Waals surface area contributed by atoms with Crippen LogP contribution in [0.4, 0.5) is 4.79 Å². The van der Waals surface area contributed by atoms with E-state index in [1.54, 1.807) is 12.1 Å². The van der Waals surface area contributed by atoms with Crippen LogP contribution in [0.3, 0.4) is 0 Å². The summed E-state index contributed by atoms with van der Waals surface area (Å²) < 4.78 is 32.3. The lowest BCUT2D eigenvalue weighted by molar-refractivity contribution is -0.0207. The Balaban J connectivity index is 1.93. The van der Waals surface area contributed by atoms with Gasteiger partial charge in [-0.3, -0.25) is 0 Å². The monoisotopic (exact) mass is 340 g/mol. The summed E-state index contributed by atoms with van der Waals surface area (Å²) in [7, 11) is -3.83. The average molecular weight is 340 g/mol. The number of ether oxygens (including phenoxy) is 1. The van der Waals surface area contributed by atoms with E-state index in [2.05, 4.69) is 4.72 Å². The molecule has 0 atom stereocenters. The first-order valence-electron chi connectivity index (χ1n) is 7.82. The van der Waals surface area contributed by atoms with Crippen molar-refractivity contribution >= 4 is 16.1 Å². The van der Waals surface area contributed by atoms with Crippen molar-refractivity contribution < 1.29 is 17.9 Å². The molecular formula is C16H24N2O4S. The number of carbonyl (C=O) groups is 1. The van der Waals surface area contributed by atoms with E-state index in [-0.39, 0.29) is 17.1 Å². The highest BCUT2D eigenvalue weighted by Gasteiger charge is 2.27. The zero-order valence-electron chi connectivity index (χ0n) is 13.8. The third-order valence-corrected chi connectivity index (χ3v) is 5.08. The highest BCUT2D eigenvalue weighted by Crippen LogP contribution is 2.16. The fourth-order valence-corrected chi connectivity index (χ4v) is 3.51. The first kappa shape index (κ1) is 17.7. The van der Waals surface area contributed by atoms with E-state index in [0.717, 1.165) is 18.4 Å². The molecule has 1 saturated heterocycles. The molecule has 1 aliphatic heterocycles. The van der Waals surface area contributed by atoms with Gasteiger partial charge in [0.1, 0.15) is 0 Å². The molecule has 0 bridgehead atoms. The van der Waals surface area contributed by atoms with Crippen LogP contribution in [-0.4, -0.2) is 44.6 Å². The van der Waals surface area contributed by atoms with Gasteiger partial charge in [-0.2, -0.15) is 0 Å². The highest BCUT2D eigenvalue weighted by molar-refractivity contribution is 7.90. The molecular weight excluding hydrogens is 316 g/mol. The van der Waals surface area contributed by atoms with Crippen LogP contribution < -0.4 is 4.72 Å². The summed E-state index contributed by atoms with van der Waals surface area (Å²) in [5.41, 5.74) is 0.961. The van der Waals surface area contributed by atoms with Gasteiger partial charge in [-0.25, -0.2) is 17.9 Å². The number of rotatable bonds is 4. The first-order valence-corrected chi connectivity index (χ1v) is 9.30.